The van der Waals surface area contributed by atoms with Crippen LogP contribution in [0, 0.1) is 0 Å². The first-order chi connectivity index (χ1) is 20.3. The van der Waals surface area contributed by atoms with Gasteiger partial charge in [-0.05, 0) is 22.8 Å². The fourth-order valence-electron chi connectivity index (χ4n) is 5.95. The molecule has 0 radical (unpaired) electrons. The Hall–Kier alpha value is -4.90. The number of carbonyl (C=O) groups excluding carboxylic acids is 4. The van der Waals surface area contributed by atoms with Gasteiger partial charge in [0, 0.05) is 27.2 Å². The number of nitrogens with one attached hydrogen (secondary N) is 1. The van der Waals surface area contributed by atoms with E-state index in [1.807, 2.05) is 78.7 Å². The van der Waals surface area contributed by atoms with Crippen LogP contribution in [-0.2, 0) is 27.5 Å². The smallest absolute Gasteiger partial charge is 0.332 e. The highest BCUT2D eigenvalue weighted by atomic mass is 16.5. The Labute approximate surface area is 243 Å². The Morgan fingerprint density at radius 1 is 0.952 bits per heavy atom. The highest BCUT2D eigenvalue weighted by Crippen LogP contribution is 2.39. The molecule has 2 fully saturated rings. The Balaban J connectivity index is 1.30. The van der Waals surface area contributed by atoms with Gasteiger partial charge in [0.15, 0.2) is 5.75 Å². The van der Waals surface area contributed by atoms with Crippen LogP contribution in [0.25, 0.3) is 0 Å². The molecule has 3 aliphatic heterocycles. The number of hydrogen-bond acceptors (Lipinski definition) is 7. The molecule has 11 nitrogen and oxygen atoms in total. The second-order valence-electron chi connectivity index (χ2n) is 10.7. The van der Waals surface area contributed by atoms with Crippen LogP contribution < -0.4 is 15.0 Å². The van der Waals surface area contributed by atoms with Crippen molar-refractivity contribution in [3.63, 3.8) is 0 Å². The van der Waals surface area contributed by atoms with E-state index in [9.17, 15) is 19.2 Å². The number of fused-ring (bicyclic) bond motifs is 2. The molecule has 3 aromatic rings. The maximum atomic E-state index is 14.1. The van der Waals surface area contributed by atoms with Gasteiger partial charge in [-0.25, -0.2) is 9.59 Å². The highest BCUT2D eigenvalue weighted by Gasteiger charge is 2.52. The molecule has 0 saturated carbocycles. The second-order valence-corrected chi connectivity index (χ2v) is 10.7. The number of urea groups is 1. The molecule has 3 aliphatic rings. The molecule has 4 amide bonds. The number of ether oxygens (including phenoxy) is 1. The van der Waals surface area contributed by atoms with Crippen LogP contribution >= 0.6 is 0 Å². The standard InChI is InChI=1S/C31H32N6O5/c1-33-20-27(39)42-24-15-9-14-23(28(24)33)17-35-18-25-36(34(2)31(41)32-16-21-10-5-3-6-11-21)19-26(38)37(25)29(30(35)40)22-12-7-4-8-13-22/h3-15,25,29H,16-20H2,1-2H3,(H,32,41)/t25-,29+/m1/s1. The van der Waals surface area contributed by atoms with E-state index in [-0.39, 0.29) is 50.0 Å². The van der Waals surface area contributed by atoms with Crippen molar-refractivity contribution in [2.24, 2.45) is 0 Å². The minimum absolute atomic E-state index is 0.0379. The maximum Gasteiger partial charge on any atom is 0.332 e. The minimum atomic E-state index is -0.849. The first kappa shape index (κ1) is 27.3. The molecule has 6 rings (SSSR count). The van der Waals surface area contributed by atoms with Crippen molar-refractivity contribution in [1.82, 2.24) is 25.1 Å². The van der Waals surface area contributed by atoms with Crippen molar-refractivity contribution in [3.05, 3.63) is 95.6 Å². The van der Waals surface area contributed by atoms with Crippen molar-refractivity contribution in [3.8, 4) is 5.75 Å². The third-order valence-corrected chi connectivity index (χ3v) is 7.95. The number of para-hydroxylation sites is 1. The average Bonchev–Trinajstić information content (AvgIpc) is 3.32. The Morgan fingerprint density at radius 3 is 2.40 bits per heavy atom. The van der Waals surface area contributed by atoms with Crippen LogP contribution in [0.1, 0.15) is 22.7 Å². The fourth-order valence-corrected chi connectivity index (χ4v) is 5.95. The maximum absolute atomic E-state index is 14.1. The van der Waals surface area contributed by atoms with E-state index in [0.717, 1.165) is 16.8 Å². The minimum Gasteiger partial charge on any atom is -0.423 e. The summed E-state index contributed by atoms with van der Waals surface area (Å²) in [7, 11) is 3.45. The number of likely N-dealkylation sites (N-methyl/N-ethyl adjacent to an activating group) is 1. The lowest BCUT2D eigenvalue weighted by molar-refractivity contribution is -0.157. The van der Waals surface area contributed by atoms with Gasteiger partial charge < -0.3 is 24.8 Å². The largest absolute Gasteiger partial charge is 0.423 e. The molecule has 2 saturated heterocycles. The molecule has 0 spiro atoms. The zero-order valence-electron chi connectivity index (χ0n) is 23.5. The molecular weight excluding hydrogens is 536 g/mol. The summed E-state index contributed by atoms with van der Waals surface area (Å²) in [5.74, 6) is -0.334. The molecule has 11 heteroatoms. The molecule has 216 valence electrons. The van der Waals surface area contributed by atoms with Gasteiger partial charge in [-0.1, -0.05) is 72.8 Å². The second kappa shape index (κ2) is 11.2. The van der Waals surface area contributed by atoms with Gasteiger partial charge >= 0.3 is 12.0 Å². The third-order valence-electron chi connectivity index (χ3n) is 7.95. The van der Waals surface area contributed by atoms with Crippen LogP contribution in [0.15, 0.2) is 78.9 Å². The topological polar surface area (TPSA) is 106 Å². The lowest BCUT2D eigenvalue weighted by atomic mass is 9.99. The first-order valence-corrected chi connectivity index (χ1v) is 13.8. The van der Waals surface area contributed by atoms with Crippen molar-refractivity contribution >= 4 is 29.5 Å². The molecular formula is C31H32N6O5. The first-order valence-electron chi connectivity index (χ1n) is 13.8. The molecule has 3 heterocycles. The van der Waals surface area contributed by atoms with Crippen LogP contribution in [0.2, 0.25) is 0 Å². The zero-order valence-corrected chi connectivity index (χ0v) is 23.5. The summed E-state index contributed by atoms with van der Waals surface area (Å²) < 4.78 is 5.47. The number of anilines is 1. The molecule has 1 N–H and O–H groups in total. The Bertz CT molecular complexity index is 1520. The van der Waals surface area contributed by atoms with Gasteiger partial charge in [-0.3, -0.25) is 14.6 Å². The summed E-state index contributed by atoms with van der Waals surface area (Å²) in [6.45, 7) is 0.839. The van der Waals surface area contributed by atoms with Gasteiger partial charge in [0.2, 0.25) is 5.91 Å². The van der Waals surface area contributed by atoms with Gasteiger partial charge in [-0.15, -0.1) is 0 Å². The highest BCUT2D eigenvalue weighted by molar-refractivity contribution is 5.92. The number of hydrogen-bond donors (Lipinski definition) is 1. The van der Waals surface area contributed by atoms with Crippen LogP contribution in [0.3, 0.4) is 0 Å². The number of esters is 1. The van der Waals surface area contributed by atoms with E-state index in [4.69, 9.17) is 4.74 Å². The molecule has 0 bridgehead atoms. The predicted molar refractivity (Wildman–Crippen MR) is 154 cm³/mol. The summed E-state index contributed by atoms with van der Waals surface area (Å²) in [4.78, 5) is 58.0. The zero-order chi connectivity index (χ0) is 29.4. The number of rotatable bonds is 6. The van der Waals surface area contributed by atoms with Crippen LogP contribution in [0.5, 0.6) is 5.75 Å². The number of benzene rings is 3. The summed E-state index contributed by atoms with van der Waals surface area (Å²) in [5, 5.41) is 6.06. The number of nitrogens with zero attached hydrogens (tertiary/aromatic N) is 5. The van der Waals surface area contributed by atoms with E-state index >= 15 is 0 Å². The number of carbonyl (C=O) groups is 4. The molecule has 3 aromatic carbocycles. The molecule has 0 unspecified atom stereocenters. The Kier molecular flexibility index (Phi) is 7.26. The van der Waals surface area contributed by atoms with Crippen molar-refractivity contribution in [2.75, 3.05) is 38.6 Å². The van der Waals surface area contributed by atoms with Gasteiger partial charge in [0.25, 0.3) is 5.91 Å². The predicted octanol–water partition coefficient (Wildman–Crippen LogP) is 2.35. The van der Waals surface area contributed by atoms with E-state index in [1.165, 1.54) is 5.01 Å². The Morgan fingerprint density at radius 2 is 1.67 bits per heavy atom. The van der Waals surface area contributed by atoms with E-state index < -0.39 is 12.2 Å². The van der Waals surface area contributed by atoms with E-state index in [1.54, 1.807) is 34.0 Å². The van der Waals surface area contributed by atoms with Gasteiger partial charge in [0.05, 0.1) is 18.8 Å². The van der Waals surface area contributed by atoms with Crippen molar-refractivity contribution in [1.29, 1.82) is 0 Å². The molecule has 0 aliphatic carbocycles. The molecule has 2 atom stereocenters. The summed E-state index contributed by atoms with van der Waals surface area (Å²) in [6.07, 6.45) is -0.567. The average molecular weight is 569 g/mol. The lowest BCUT2D eigenvalue weighted by Gasteiger charge is -2.46. The normalized spacial score (nSPS) is 20.2. The van der Waals surface area contributed by atoms with Gasteiger partial charge in [0.1, 0.15) is 18.8 Å². The van der Waals surface area contributed by atoms with Crippen molar-refractivity contribution < 1.29 is 23.9 Å². The summed E-state index contributed by atoms with van der Waals surface area (Å²) in [5.41, 5.74) is 3.23. The van der Waals surface area contributed by atoms with Gasteiger partial charge in [-0.2, -0.15) is 5.01 Å². The lowest BCUT2D eigenvalue weighted by Crippen LogP contribution is -2.62. The van der Waals surface area contributed by atoms with Crippen LogP contribution in [0.4, 0.5) is 10.5 Å². The fraction of sp³-hybridized carbons (Fsp3) is 0.290. The monoisotopic (exact) mass is 568 g/mol. The number of piperazine rings is 1. The quantitative estimate of drug-likeness (QED) is 0.360. The molecule has 42 heavy (non-hydrogen) atoms. The number of hydrazine groups is 1. The SMILES string of the molecule is CN1CC(=O)Oc2cccc(CN3C[C@H]4N(C(=O)CN4N(C)C(=O)NCc4ccccc4)[C@@H](c4ccccc4)C3=O)c21. The van der Waals surface area contributed by atoms with Crippen molar-refractivity contribution in [2.45, 2.75) is 25.3 Å². The summed E-state index contributed by atoms with van der Waals surface area (Å²) in [6, 6.07) is 23.1. The molecule has 0 aromatic heterocycles. The number of amides is 4. The van der Waals surface area contributed by atoms with E-state index in [2.05, 4.69) is 5.32 Å². The van der Waals surface area contributed by atoms with E-state index in [0.29, 0.717) is 17.9 Å². The third kappa shape index (κ3) is 5.03. The summed E-state index contributed by atoms with van der Waals surface area (Å²) >= 11 is 0. The van der Waals surface area contributed by atoms with Crippen LogP contribution in [-0.4, -0.2) is 83.5 Å².